The van der Waals surface area contributed by atoms with Gasteiger partial charge in [-0.1, -0.05) is 42.3 Å². The van der Waals surface area contributed by atoms with Crippen molar-refractivity contribution in [3.05, 3.63) is 33.8 Å². The second kappa shape index (κ2) is 4.09. The van der Waals surface area contributed by atoms with Gasteiger partial charge in [0.2, 0.25) is 0 Å². The van der Waals surface area contributed by atoms with Gasteiger partial charge in [-0.15, -0.1) is 0 Å². The van der Waals surface area contributed by atoms with Crippen molar-refractivity contribution in [1.82, 2.24) is 5.32 Å². The molecule has 1 fully saturated rings. The zero-order valence-corrected chi connectivity index (χ0v) is 9.57. The summed E-state index contributed by atoms with van der Waals surface area (Å²) in [5, 5.41) is 4.79. The molecule has 1 aliphatic rings. The first-order valence-electron chi connectivity index (χ1n) is 4.85. The van der Waals surface area contributed by atoms with Gasteiger partial charge in [0.1, 0.15) is 0 Å². The average molecular weight is 230 g/mol. The van der Waals surface area contributed by atoms with Crippen molar-refractivity contribution in [2.45, 2.75) is 19.4 Å². The maximum absolute atomic E-state index is 6.15. The molecule has 1 aromatic rings. The van der Waals surface area contributed by atoms with E-state index in [0.717, 1.165) is 24.4 Å². The van der Waals surface area contributed by atoms with E-state index in [9.17, 15) is 0 Å². The van der Waals surface area contributed by atoms with Crippen LogP contribution in [0.2, 0.25) is 10.0 Å². The molecule has 0 saturated carbocycles. The van der Waals surface area contributed by atoms with Crippen molar-refractivity contribution in [2.75, 3.05) is 6.54 Å². The molecule has 0 aliphatic carbocycles. The number of hydrogen-bond acceptors (Lipinski definition) is 1. The van der Waals surface area contributed by atoms with Gasteiger partial charge in [0.25, 0.3) is 0 Å². The second-order valence-electron chi connectivity index (χ2n) is 3.94. The van der Waals surface area contributed by atoms with Crippen LogP contribution in [0.25, 0.3) is 0 Å². The van der Waals surface area contributed by atoms with Crippen LogP contribution < -0.4 is 5.32 Å². The summed E-state index contributed by atoms with van der Waals surface area (Å²) in [6.45, 7) is 3.30. The molecule has 0 amide bonds. The standard InChI is InChI=1S/C11H13Cl2N/c1-7-5-10(14-6-7)8-3-2-4-9(12)11(8)13/h2-4,7,10,14H,5-6H2,1H3/t7-,10+/m0/s1. The number of hydrogen-bond donors (Lipinski definition) is 1. The first-order valence-corrected chi connectivity index (χ1v) is 5.61. The first kappa shape index (κ1) is 10.3. The molecule has 76 valence electrons. The van der Waals surface area contributed by atoms with Gasteiger partial charge in [-0.25, -0.2) is 0 Å². The third-order valence-corrected chi connectivity index (χ3v) is 3.54. The van der Waals surface area contributed by atoms with Crippen molar-refractivity contribution < 1.29 is 0 Å². The number of nitrogens with one attached hydrogen (secondary N) is 1. The fourth-order valence-electron chi connectivity index (χ4n) is 1.94. The average Bonchev–Trinajstić information content (AvgIpc) is 2.57. The zero-order valence-electron chi connectivity index (χ0n) is 8.06. The highest BCUT2D eigenvalue weighted by Crippen LogP contribution is 2.34. The van der Waals surface area contributed by atoms with E-state index >= 15 is 0 Å². The molecule has 0 radical (unpaired) electrons. The van der Waals surface area contributed by atoms with Gasteiger partial charge in [-0.05, 0) is 30.5 Å². The summed E-state index contributed by atoms with van der Waals surface area (Å²) in [4.78, 5) is 0. The van der Waals surface area contributed by atoms with Crippen LogP contribution in [0, 0.1) is 5.92 Å². The Morgan fingerprint density at radius 1 is 1.36 bits per heavy atom. The lowest BCUT2D eigenvalue weighted by Crippen LogP contribution is -2.13. The first-order chi connectivity index (χ1) is 6.68. The van der Waals surface area contributed by atoms with Gasteiger partial charge in [0.15, 0.2) is 0 Å². The second-order valence-corrected chi connectivity index (χ2v) is 4.73. The van der Waals surface area contributed by atoms with Gasteiger partial charge < -0.3 is 5.32 Å². The SMILES string of the molecule is C[C@@H]1CN[C@@H](c2cccc(Cl)c2Cl)C1. The summed E-state index contributed by atoms with van der Waals surface area (Å²) >= 11 is 12.1. The zero-order chi connectivity index (χ0) is 10.1. The summed E-state index contributed by atoms with van der Waals surface area (Å²) in [5.41, 5.74) is 1.13. The molecular formula is C11H13Cl2N. The van der Waals surface area contributed by atoms with Crippen LogP contribution in [0.1, 0.15) is 24.9 Å². The van der Waals surface area contributed by atoms with Crippen LogP contribution in [-0.2, 0) is 0 Å². The Kier molecular flexibility index (Phi) is 3.01. The van der Waals surface area contributed by atoms with Crippen molar-refractivity contribution >= 4 is 23.2 Å². The highest BCUT2D eigenvalue weighted by molar-refractivity contribution is 6.42. The molecule has 0 spiro atoms. The molecule has 1 aliphatic heterocycles. The van der Waals surface area contributed by atoms with Crippen LogP contribution in [0.4, 0.5) is 0 Å². The molecule has 1 saturated heterocycles. The molecule has 1 heterocycles. The molecule has 2 atom stereocenters. The highest BCUT2D eigenvalue weighted by Gasteiger charge is 2.24. The Balaban J connectivity index is 2.28. The van der Waals surface area contributed by atoms with Crippen LogP contribution in [-0.4, -0.2) is 6.54 Å². The summed E-state index contributed by atoms with van der Waals surface area (Å²) in [6.07, 6.45) is 1.14. The Morgan fingerprint density at radius 2 is 2.14 bits per heavy atom. The Labute approximate surface area is 94.4 Å². The van der Waals surface area contributed by atoms with Gasteiger partial charge in [0.05, 0.1) is 10.0 Å². The van der Waals surface area contributed by atoms with Crippen LogP contribution in [0.15, 0.2) is 18.2 Å². The Bertz CT molecular complexity index is 338. The third-order valence-electron chi connectivity index (χ3n) is 2.71. The predicted octanol–water partition coefficient (Wildman–Crippen LogP) is 3.66. The van der Waals surface area contributed by atoms with Crippen molar-refractivity contribution in [1.29, 1.82) is 0 Å². The molecule has 1 N–H and O–H groups in total. The Morgan fingerprint density at radius 3 is 2.79 bits per heavy atom. The fraction of sp³-hybridized carbons (Fsp3) is 0.455. The number of rotatable bonds is 1. The molecule has 2 rings (SSSR count). The van der Waals surface area contributed by atoms with E-state index in [0.29, 0.717) is 16.1 Å². The Hall–Kier alpha value is -0.240. The maximum atomic E-state index is 6.15. The van der Waals surface area contributed by atoms with E-state index in [4.69, 9.17) is 23.2 Å². The number of halogens is 2. The molecule has 0 bridgehead atoms. The summed E-state index contributed by atoms with van der Waals surface area (Å²) in [5.74, 6) is 0.718. The van der Waals surface area contributed by atoms with Crippen molar-refractivity contribution in [2.24, 2.45) is 5.92 Å². The van der Waals surface area contributed by atoms with E-state index in [1.165, 1.54) is 0 Å². The lowest BCUT2D eigenvalue weighted by atomic mass is 10.0. The predicted molar refractivity (Wildman–Crippen MR) is 61.0 cm³/mol. The van der Waals surface area contributed by atoms with Crippen LogP contribution >= 0.6 is 23.2 Å². The van der Waals surface area contributed by atoms with Crippen LogP contribution in [0.3, 0.4) is 0 Å². The van der Waals surface area contributed by atoms with Gasteiger partial charge in [0, 0.05) is 6.04 Å². The summed E-state index contributed by atoms with van der Waals surface area (Å²) in [6, 6.07) is 6.19. The van der Waals surface area contributed by atoms with E-state index in [2.05, 4.69) is 12.2 Å². The van der Waals surface area contributed by atoms with E-state index in [1.807, 2.05) is 18.2 Å². The molecule has 1 nitrogen and oxygen atoms in total. The van der Waals surface area contributed by atoms with Gasteiger partial charge in [-0.2, -0.15) is 0 Å². The van der Waals surface area contributed by atoms with Gasteiger partial charge >= 0.3 is 0 Å². The summed E-state index contributed by atoms with van der Waals surface area (Å²) < 4.78 is 0. The summed E-state index contributed by atoms with van der Waals surface area (Å²) in [7, 11) is 0. The lowest BCUT2D eigenvalue weighted by molar-refractivity contribution is 0.612. The largest absolute Gasteiger partial charge is 0.310 e. The minimum Gasteiger partial charge on any atom is -0.310 e. The fourth-order valence-corrected chi connectivity index (χ4v) is 2.38. The molecule has 3 heteroatoms. The number of benzene rings is 1. The van der Waals surface area contributed by atoms with E-state index in [1.54, 1.807) is 0 Å². The van der Waals surface area contributed by atoms with E-state index in [-0.39, 0.29) is 0 Å². The molecule has 14 heavy (non-hydrogen) atoms. The maximum Gasteiger partial charge on any atom is 0.0640 e. The van der Waals surface area contributed by atoms with Gasteiger partial charge in [-0.3, -0.25) is 0 Å². The molecule has 1 aromatic carbocycles. The minimum absolute atomic E-state index is 0.371. The quantitative estimate of drug-likeness (QED) is 0.776. The normalized spacial score (nSPS) is 26.8. The lowest BCUT2D eigenvalue weighted by Gasteiger charge is -2.13. The van der Waals surface area contributed by atoms with Crippen molar-refractivity contribution in [3.63, 3.8) is 0 Å². The smallest absolute Gasteiger partial charge is 0.0640 e. The molecular weight excluding hydrogens is 217 g/mol. The van der Waals surface area contributed by atoms with E-state index < -0.39 is 0 Å². The van der Waals surface area contributed by atoms with Crippen molar-refractivity contribution in [3.8, 4) is 0 Å². The van der Waals surface area contributed by atoms with Crippen LogP contribution in [0.5, 0.6) is 0 Å². The highest BCUT2D eigenvalue weighted by atomic mass is 35.5. The minimum atomic E-state index is 0.371. The topological polar surface area (TPSA) is 12.0 Å². The molecule has 0 unspecified atom stereocenters. The third kappa shape index (κ3) is 1.90. The monoisotopic (exact) mass is 229 g/mol. The molecule has 0 aromatic heterocycles.